The summed E-state index contributed by atoms with van der Waals surface area (Å²) in [6.07, 6.45) is 6.19. The van der Waals surface area contributed by atoms with Gasteiger partial charge in [-0.25, -0.2) is 9.97 Å². The zero-order chi connectivity index (χ0) is 15.8. The molecule has 120 valence electrons. The van der Waals surface area contributed by atoms with Crippen molar-refractivity contribution in [1.82, 2.24) is 20.2 Å². The van der Waals surface area contributed by atoms with Crippen molar-refractivity contribution in [3.8, 4) is 0 Å². The third-order valence-electron chi connectivity index (χ3n) is 5.05. The number of rotatable bonds is 2. The van der Waals surface area contributed by atoms with Crippen molar-refractivity contribution in [3.63, 3.8) is 0 Å². The quantitative estimate of drug-likeness (QED) is 0.877. The highest BCUT2D eigenvalue weighted by molar-refractivity contribution is 5.88. The van der Waals surface area contributed by atoms with E-state index >= 15 is 0 Å². The minimum Gasteiger partial charge on any atom is -0.383 e. The maximum absolute atomic E-state index is 12.4. The Hall–Kier alpha value is -2.21. The number of nitrogens with one attached hydrogen (secondary N) is 1. The minimum atomic E-state index is 0.190. The van der Waals surface area contributed by atoms with Crippen LogP contribution in [0.25, 0.3) is 10.9 Å². The van der Waals surface area contributed by atoms with Crippen molar-refractivity contribution in [2.24, 2.45) is 0 Å². The lowest BCUT2D eigenvalue weighted by Gasteiger charge is -2.44. The van der Waals surface area contributed by atoms with E-state index in [4.69, 9.17) is 5.73 Å². The second kappa shape index (κ2) is 5.77. The lowest BCUT2D eigenvalue weighted by atomic mass is 9.87. The predicted molar refractivity (Wildman–Crippen MR) is 88.5 cm³/mol. The van der Waals surface area contributed by atoms with Crippen LogP contribution in [0.15, 0.2) is 24.5 Å². The molecular formula is C17H21N5O. The minimum absolute atomic E-state index is 0.190. The average Bonchev–Trinajstić information content (AvgIpc) is 2.58. The Bertz CT molecular complexity index is 747. The summed E-state index contributed by atoms with van der Waals surface area (Å²) >= 11 is 0. The van der Waals surface area contributed by atoms with Crippen LogP contribution >= 0.6 is 0 Å². The molecule has 23 heavy (non-hydrogen) atoms. The van der Waals surface area contributed by atoms with Gasteiger partial charge in [-0.3, -0.25) is 4.79 Å². The van der Waals surface area contributed by atoms with E-state index in [1.165, 1.54) is 19.2 Å². The Kier molecular flexibility index (Phi) is 3.61. The normalized spacial score (nSPS) is 24.7. The first-order valence-corrected chi connectivity index (χ1v) is 8.24. The van der Waals surface area contributed by atoms with Crippen LogP contribution in [0.5, 0.6) is 0 Å². The van der Waals surface area contributed by atoms with Gasteiger partial charge in [0.2, 0.25) is 5.91 Å². The fourth-order valence-electron chi connectivity index (χ4n) is 3.85. The van der Waals surface area contributed by atoms with E-state index in [2.05, 4.69) is 15.3 Å². The van der Waals surface area contributed by atoms with E-state index in [0.29, 0.717) is 31.0 Å². The summed E-state index contributed by atoms with van der Waals surface area (Å²) in [5, 5.41) is 4.25. The van der Waals surface area contributed by atoms with Gasteiger partial charge in [0.1, 0.15) is 12.1 Å². The molecule has 1 amide bonds. The van der Waals surface area contributed by atoms with Gasteiger partial charge >= 0.3 is 0 Å². The third kappa shape index (κ3) is 2.63. The zero-order valence-corrected chi connectivity index (χ0v) is 13.0. The number of carbonyl (C=O) groups is 1. The lowest BCUT2D eigenvalue weighted by Crippen LogP contribution is -2.61. The van der Waals surface area contributed by atoms with Crippen molar-refractivity contribution in [1.29, 1.82) is 0 Å². The van der Waals surface area contributed by atoms with E-state index < -0.39 is 0 Å². The highest BCUT2D eigenvalue weighted by atomic mass is 16.2. The van der Waals surface area contributed by atoms with Crippen LogP contribution in [-0.4, -0.2) is 39.4 Å². The number of hydrogen-bond acceptors (Lipinski definition) is 5. The van der Waals surface area contributed by atoms with Crippen molar-refractivity contribution in [2.75, 3.05) is 12.3 Å². The summed E-state index contributed by atoms with van der Waals surface area (Å²) in [7, 11) is 0. The Morgan fingerprint density at radius 3 is 3.04 bits per heavy atom. The molecule has 2 fully saturated rings. The van der Waals surface area contributed by atoms with Crippen LogP contribution in [-0.2, 0) is 11.3 Å². The van der Waals surface area contributed by atoms with Crippen molar-refractivity contribution in [2.45, 2.75) is 44.3 Å². The van der Waals surface area contributed by atoms with E-state index in [9.17, 15) is 4.79 Å². The monoisotopic (exact) mass is 311 g/mol. The number of nitrogens with zero attached hydrogens (tertiary/aromatic N) is 3. The number of piperazine rings is 1. The molecule has 0 spiro atoms. The largest absolute Gasteiger partial charge is 0.383 e. The molecule has 1 aromatic carbocycles. The Morgan fingerprint density at radius 1 is 1.26 bits per heavy atom. The highest BCUT2D eigenvalue weighted by Gasteiger charge is 2.36. The summed E-state index contributed by atoms with van der Waals surface area (Å²) in [4.78, 5) is 22.7. The van der Waals surface area contributed by atoms with Crippen LogP contribution in [0.4, 0.5) is 5.82 Å². The number of carbonyl (C=O) groups excluding carboxylic acids is 1. The molecular weight excluding hydrogens is 290 g/mol. The van der Waals surface area contributed by atoms with Gasteiger partial charge in [-0.1, -0.05) is 18.9 Å². The molecule has 1 aromatic heterocycles. The fraction of sp³-hybridized carbons (Fsp3) is 0.471. The molecule has 6 nitrogen and oxygen atoms in total. The molecule has 2 aromatic rings. The maximum atomic E-state index is 12.4. The van der Waals surface area contributed by atoms with Crippen LogP contribution in [0.2, 0.25) is 0 Å². The zero-order valence-electron chi connectivity index (χ0n) is 13.0. The van der Waals surface area contributed by atoms with Gasteiger partial charge in [-0.2, -0.15) is 0 Å². The molecule has 4 rings (SSSR count). The van der Waals surface area contributed by atoms with E-state index in [1.54, 1.807) is 0 Å². The van der Waals surface area contributed by atoms with E-state index in [1.807, 2.05) is 23.1 Å². The summed E-state index contributed by atoms with van der Waals surface area (Å²) in [5.74, 6) is 0.683. The van der Waals surface area contributed by atoms with Gasteiger partial charge in [-0.05, 0) is 30.5 Å². The fourth-order valence-corrected chi connectivity index (χ4v) is 3.85. The number of hydrogen-bond donors (Lipinski definition) is 2. The molecule has 0 radical (unpaired) electrons. The number of benzene rings is 1. The smallest absolute Gasteiger partial charge is 0.237 e. The molecule has 2 atom stereocenters. The van der Waals surface area contributed by atoms with E-state index in [-0.39, 0.29) is 5.91 Å². The van der Waals surface area contributed by atoms with Gasteiger partial charge in [0.05, 0.1) is 12.1 Å². The molecule has 2 aliphatic rings. The molecule has 1 aliphatic carbocycles. The Labute approximate surface area is 135 Å². The van der Waals surface area contributed by atoms with Gasteiger partial charge in [-0.15, -0.1) is 0 Å². The maximum Gasteiger partial charge on any atom is 0.237 e. The highest BCUT2D eigenvalue weighted by Crippen LogP contribution is 2.28. The Balaban J connectivity index is 1.62. The number of nitrogens with two attached hydrogens (primary N) is 1. The average molecular weight is 311 g/mol. The molecule has 0 bridgehead atoms. The first-order valence-electron chi connectivity index (χ1n) is 8.24. The summed E-state index contributed by atoms with van der Waals surface area (Å²) in [6.45, 7) is 1.09. The van der Waals surface area contributed by atoms with Gasteiger partial charge in [0.25, 0.3) is 0 Å². The number of aromatic nitrogens is 2. The van der Waals surface area contributed by atoms with Crippen molar-refractivity contribution >= 4 is 22.6 Å². The molecule has 1 saturated carbocycles. The summed E-state index contributed by atoms with van der Waals surface area (Å²) in [6, 6.07) is 6.75. The standard InChI is InChI=1S/C17H21N5O/c18-17-12-6-5-11(7-14(12)20-10-21-17)9-22-15-4-2-1-3-13(15)19-8-16(22)23/h5-7,10,13,15,19H,1-4,8-9H2,(H2,18,20,21)/t13-,15+/m1/s1. The lowest BCUT2D eigenvalue weighted by molar-refractivity contribution is -0.138. The molecule has 6 heteroatoms. The molecule has 1 saturated heterocycles. The first-order chi connectivity index (χ1) is 11.2. The van der Waals surface area contributed by atoms with Gasteiger partial charge in [0.15, 0.2) is 0 Å². The van der Waals surface area contributed by atoms with Gasteiger partial charge in [0, 0.05) is 24.0 Å². The first kappa shape index (κ1) is 14.4. The van der Waals surface area contributed by atoms with E-state index in [0.717, 1.165) is 29.3 Å². The second-order valence-electron chi connectivity index (χ2n) is 6.47. The number of amides is 1. The molecule has 2 heterocycles. The van der Waals surface area contributed by atoms with Crippen molar-refractivity contribution in [3.05, 3.63) is 30.1 Å². The summed E-state index contributed by atoms with van der Waals surface area (Å²) < 4.78 is 0. The van der Waals surface area contributed by atoms with Crippen LogP contribution in [0.1, 0.15) is 31.2 Å². The number of anilines is 1. The summed E-state index contributed by atoms with van der Waals surface area (Å²) in [5.41, 5.74) is 7.80. The SMILES string of the molecule is Nc1ncnc2cc(CN3C(=O)CN[C@@H]4CCCC[C@@H]43)ccc12. The second-order valence-corrected chi connectivity index (χ2v) is 6.47. The third-order valence-corrected chi connectivity index (χ3v) is 5.05. The van der Waals surface area contributed by atoms with Crippen LogP contribution < -0.4 is 11.1 Å². The van der Waals surface area contributed by atoms with Crippen LogP contribution in [0, 0.1) is 0 Å². The molecule has 1 aliphatic heterocycles. The number of fused-ring (bicyclic) bond motifs is 2. The molecule has 3 N–H and O–H groups in total. The Morgan fingerprint density at radius 2 is 2.13 bits per heavy atom. The molecule has 0 unspecified atom stereocenters. The predicted octanol–water partition coefficient (Wildman–Crippen LogP) is 1.45. The number of nitrogen functional groups attached to an aromatic ring is 1. The van der Waals surface area contributed by atoms with Crippen molar-refractivity contribution < 1.29 is 4.79 Å². The van der Waals surface area contributed by atoms with Gasteiger partial charge < -0.3 is 16.0 Å². The topological polar surface area (TPSA) is 84.1 Å². The van der Waals surface area contributed by atoms with Crippen LogP contribution in [0.3, 0.4) is 0 Å².